The fourth-order valence-electron chi connectivity index (χ4n) is 2.18. The summed E-state index contributed by atoms with van der Waals surface area (Å²) in [7, 11) is 1.55. The van der Waals surface area contributed by atoms with Crippen LogP contribution in [0.2, 0.25) is 0 Å². The number of benzene rings is 1. The Labute approximate surface area is 120 Å². The summed E-state index contributed by atoms with van der Waals surface area (Å²) < 4.78 is 2.78. The topological polar surface area (TPSA) is 69.8 Å². The van der Waals surface area contributed by atoms with Gasteiger partial charge in [-0.05, 0) is 12.5 Å². The SMILES string of the molecule is Cc1ccc(Cn2cnc3c(cnc(=O)n3C)c2=O)cc1. The van der Waals surface area contributed by atoms with Crippen LogP contribution in [-0.2, 0) is 13.6 Å². The maximum atomic E-state index is 12.4. The van der Waals surface area contributed by atoms with E-state index in [1.807, 2.05) is 31.2 Å². The predicted molar refractivity (Wildman–Crippen MR) is 79.3 cm³/mol. The highest BCUT2D eigenvalue weighted by atomic mass is 16.1. The molecule has 2 aromatic heterocycles. The zero-order chi connectivity index (χ0) is 15.0. The monoisotopic (exact) mass is 282 g/mol. The van der Waals surface area contributed by atoms with Crippen molar-refractivity contribution in [1.29, 1.82) is 0 Å². The molecule has 0 aliphatic carbocycles. The zero-order valence-corrected chi connectivity index (χ0v) is 11.8. The van der Waals surface area contributed by atoms with Crippen molar-refractivity contribution in [3.63, 3.8) is 0 Å². The predicted octanol–water partition coefficient (Wildman–Crippen LogP) is 0.847. The molecule has 6 nitrogen and oxygen atoms in total. The van der Waals surface area contributed by atoms with Crippen LogP contribution in [0.4, 0.5) is 0 Å². The van der Waals surface area contributed by atoms with Crippen LogP contribution in [0, 0.1) is 6.92 Å². The molecule has 0 amide bonds. The number of hydrogen-bond donors (Lipinski definition) is 0. The molecule has 106 valence electrons. The zero-order valence-electron chi connectivity index (χ0n) is 11.8. The van der Waals surface area contributed by atoms with E-state index in [4.69, 9.17) is 0 Å². The summed E-state index contributed by atoms with van der Waals surface area (Å²) in [6.45, 7) is 2.45. The van der Waals surface area contributed by atoms with Gasteiger partial charge in [0.25, 0.3) is 5.56 Å². The Morgan fingerprint density at radius 1 is 1.10 bits per heavy atom. The van der Waals surface area contributed by atoms with Crippen molar-refractivity contribution in [3.05, 3.63) is 68.8 Å². The standard InChI is InChI=1S/C15H14N4O2/c1-10-3-5-11(6-4-10)8-19-9-17-13-12(14(19)20)7-16-15(21)18(13)2/h3-7,9H,8H2,1-2H3. The van der Waals surface area contributed by atoms with Crippen molar-refractivity contribution in [2.24, 2.45) is 7.05 Å². The van der Waals surface area contributed by atoms with Crippen molar-refractivity contribution >= 4 is 11.0 Å². The Hall–Kier alpha value is -2.76. The normalized spacial score (nSPS) is 11.0. The Kier molecular flexibility index (Phi) is 3.13. The molecule has 0 saturated carbocycles. The minimum absolute atomic E-state index is 0.205. The third-order valence-electron chi connectivity index (χ3n) is 3.43. The van der Waals surface area contributed by atoms with E-state index in [1.54, 1.807) is 7.05 Å². The second kappa shape index (κ2) is 4.97. The number of rotatable bonds is 2. The average Bonchev–Trinajstić information content (AvgIpc) is 2.48. The van der Waals surface area contributed by atoms with Crippen LogP contribution in [-0.4, -0.2) is 19.1 Å². The molecule has 3 aromatic rings. The quantitative estimate of drug-likeness (QED) is 0.698. The van der Waals surface area contributed by atoms with Crippen LogP contribution in [0.15, 0.2) is 46.4 Å². The van der Waals surface area contributed by atoms with Crippen molar-refractivity contribution in [2.45, 2.75) is 13.5 Å². The Balaban J connectivity index is 2.10. The van der Waals surface area contributed by atoms with E-state index in [1.165, 1.54) is 27.2 Å². The highest BCUT2D eigenvalue weighted by molar-refractivity contribution is 5.72. The van der Waals surface area contributed by atoms with Crippen molar-refractivity contribution < 1.29 is 0 Å². The third-order valence-corrected chi connectivity index (χ3v) is 3.43. The molecule has 6 heteroatoms. The maximum absolute atomic E-state index is 12.4. The lowest BCUT2D eigenvalue weighted by atomic mass is 10.1. The van der Waals surface area contributed by atoms with Gasteiger partial charge in [-0.1, -0.05) is 29.8 Å². The Bertz CT molecular complexity index is 923. The van der Waals surface area contributed by atoms with Gasteiger partial charge in [-0.2, -0.15) is 0 Å². The smallest absolute Gasteiger partial charge is 0.294 e. The van der Waals surface area contributed by atoms with Gasteiger partial charge in [0, 0.05) is 13.2 Å². The van der Waals surface area contributed by atoms with E-state index in [9.17, 15) is 9.59 Å². The summed E-state index contributed by atoms with van der Waals surface area (Å²) in [5.74, 6) is 0. The number of fused-ring (bicyclic) bond motifs is 1. The van der Waals surface area contributed by atoms with Gasteiger partial charge in [0.2, 0.25) is 0 Å². The van der Waals surface area contributed by atoms with Crippen LogP contribution in [0.25, 0.3) is 11.0 Å². The minimum atomic E-state index is -0.425. The lowest BCUT2D eigenvalue weighted by Crippen LogP contribution is -2.27. The van der Waals surface area contributed by atoms with E-state index in [0.29, 0.717) is 17.6 Å². The summed E-state index contributed by atoms with van der Waals surface area (Å²) in [5, 5.41) is 0.340. The molecule has 0 bridgehead atoms. The molecule has 3 rings (SSSR count). The molecule has 0 radical (unpaired) electrons. The van der Waals surface area contributed by atoms with Gasteiger partial charge in [0.15, 0.2) is 5.65 Å². The van der Waals surface area contributed by atoms with E-state index in [-0.39, 0.29) is 5.56 Å². The number of nitrogens with zero attached hydrogens (tertiary/aromatic N) is 4. The van der Waals surface area contributed by atoms with Crippen molar-refractivity contribution in [2.75, 3.05) is 0 Å². The highest BCUT2D eigenvalue weighted by Gasteiger charge is 2.08. The molecule has 0 aliphatic rings. The Morgan fingerprint density at radius 3 is 2.52 bits per heavy atom. The van der Waals surface area contributed by atoms with E-state index in [0.717, 1.165) is 5.56 Å². The number of aromatic nitrogens is 4. The van der Waals surface area contributed by atoms with Gasteiger partial charge in [-0.3, -0.25) is 13.9 Å². The first-order valence-electron chi connectivity index (χ1n) is 6.53. The Morgan fingerprint density at radius 2 is 1.81 bits per heavy atom. The number of hydrogen-bond acceptors (Lipinski definition) is 4. The summed E-state index contributed by atoms with van der Waals surface area (Å²) in [4.78, 5) is 31.8. The summed E-state index contributed by atoms with van der Waals surface area (Å²) in [6.07, 6.45) is 2.75. The van der Waals surface area contributed by atoms with E-state index >= 15 is 0 Å². The van der Waals surface area contributed by atoms with Crippen molar-refractivity contribution in [1.82, 2.24) is 19.1 Å². The van der Waals surface area contributed by atoms with Gasteiger partial charge >= 0.3 is 5.69 Å². The fraction of sp³-hybridized carbons (Fsp3) is 0.200. The third kappa shape index (κ3) is 2.35. The molecule has 2 heterocycles. The minimum Gasteiger partial charge on any atom is -0.294 e. The van der Waals surface area contributed by atoms with Crippen LogP contribution in [0.5, 0.6) is 0 Å². The molecule has 0 N–H and O–H groups in total. The first-order chi connectivity index (χ1) is 10.1. The van der Waals surface area contributed by atoms with Gasteiger partial charge in [0.05, 0.1) is 6.54 Å². The fourth-order valence-corrected chi connectivity index (χ4v) is 2.18. The molecular weight excluding hydrogens is 268 g/mol. The average molecular weight is 282 g/mol. The molecule has 0 fully saturated rings. The molecule has 0 saturated heterocycles. The van der Waals surface area contributed by atoms with Gasteiger partial charge < -0.3 is 0 Å². The summed E-state index contributed by atoms with van der Waals surface area (Å²) in [6, 6.07) is 7.95. The van der Waals surface area contributed by atoms with E-state index < -0.39 is 5.69 Å². The molecule has 21 heavy (non-hydrogen) atoms. The summed E-state index contributed by atoms with van der Waals surface area (Å²) in [5.41, 5.74) is 1.90. The molecule has 1 aromatic carbocycles. The molecule has 0 spiro atoms. The largest absolute Gasteiger partial charge is 0.348 e. The van der Waals surface area contributed by atoms with Crippen LogP contribution >= 0.6 is 0 Å². The lowest BCUT2D eigenvalue weighted by molar-refractivity contribution is 0.734. The number of aryl methyl sites for hydroxylation is 2. The molecule has 0 aliphatic heterocycles. The second-order valence-electron chi connectivity index (χ2n) is 5.00. The van der Waals surface area contributed by atoms with Gasteiger partial charge in [-0.15, -0.1) is 0 Å². The van der Waals surface area contributed by atoms with Gasteiger partial charge in [0.1, 0.15) is 11.7 Å². The van der Waals surface area contributed by atoms with E-state index in [2.05, 4.69) is 9.97 Å². The lowest BCUT2D eigenvalue weighted by Gasteiger charge is -2.08. The van der Waals surface area contributed by atoms with Gasteiger partial charge in [-0.25, -0.2) is 14.8 Å². The van der Waals surface area contributed by atoms with Crippen molar-refractivity contribution in [3.8, 4) is 0 Å². The van der Waals surface area contributed by atoms with Crippen LogP contribution in [0.1, 0.15) is 11.1 Å². The molecule has 0 atom stereocenters. The first-order valence-corrected chi connectivity index (χ1v) is 6.53. The molecule has 0 unspecified atom stereocenters. The maximum Gasteiger partial charge on any atom is 0.348 e. The second-order valence-corrected chi connectivity index (χ2v) is 5.00. The first kappa shape index (κ1) is 13.2. The van der Waals surface area contributed by atoms with Crippen LogP contribution < -0.4 is 11.2 Å². The van der Waals surface area contributed by atoms with Crippen LogP contribution in [0.3, 0.4) is 0 Å². The summed E-state index contributed by atoms with van der Waals surface area (Å²) >= 11 is 0. The molecular formula is C15H14N4O2. The highest BCUT2D eigenvalue weighted by Crippen LogP contribution is 2.06.